The summed E-state index contributed by atoms with van der Waals surface area (Å²) < 4.78 is 8.24. The number of esters is 4. The molecule has 2 N–H and O–H groups in total. The molecule has 2 atom stereocenters. The molecule has 0 aromatic heterocycles. The number of ether oxygens (including phenoxy) is 2. The number of carboxylic acid groups (broad SMARTS) is 2. The van der Waals surface area contributed by atoms with Gasteiger partial charge in [-0.25, -0.2) is 9.59 Å². The molecule has 0 saturated carbocycles. The maximum atomic E-state index is 11.2. The summed E-state index contributed by atoms with van der Waals surface area (Å²) in [4.78, 5) is 65.3. The average Bonchev–Trinajstić information content (AvgIpc) is 2.44. The number of halogens is 2. The summed E-state index contributed by atoms with van der Waals surface area (Å²) in [7, 11) is 0. The van der Waals surface area contributed by atoms with Crippen LogP contribution in [0, 0.1) is 0 Å². The zero-order chi connectivity index (χ0) is 18.9. The third-order valence-electron chi connectivity index (χ3n) is 2.01. The summed E-state index contributed by atoms with van der Waals surface area (Å²) >= 11 is 10.5. The van der Waals surface area contributed by atoms with E-state index in [2.05, 4.69) is 9.47 Å². The van der Waals surface area contributed by atoms with Crippen LogP contribution in [0.15, 0.2) is 12.2 Å². The van der Waals surface area contributed by atoms with Crippen molar-refractivity contribution in [2.75, 3.05) is 0 Å². The monoisotopic (exact) mass is 384 g/mol. The summed E-state index contributed by atoms with van der Waals surface area (Å²) in [5.74, 6) is -8.14. The predicted octanol–water partition coefficient (Wildman–Crippen LogP) is -0.154. The van der Waals surface area contributed by atoms with Gasteiger partial charge in [0.25, 0.3) is 0 Å². The van der Waals surface area contributed by atoms with E-state index in [1.54, 1.807) is 0 Å². The molecule has 0 aliphatic rings. The van der Waals surface area contributed by atoms with Gasteiger partial charge in [-0.05, 0) is 0 Å². The minimum atomic E-state index is -1.59. The predicted molar refractivity (Wildman–Crippen MR) is 75.1 cm³/mol. The molecule has 0 amide bonds. The maximum Gasteiger partial charge on any atom is 0.338 e. The van der Waals surface area contributed by atoms with Crippen LogP contribution in [-0.2, 0) is 38.2 Å². The number of hydrogen-bond acceptors (Lipinski definition) is 8. The highest BCUT2D eigenvalue weighted by atomic mass is 35.5. The minimum Gasteiger partial charge on any atom is -0.480 e. The highest BCUT2D eigenvalue weighted by Crippen LogP contribution is 2.05. The van der Waals surface area contributed by atoms with Gasteiger partial charge in [-0.15, -0.1) is 23.2 Å². The lowest BCUT2D eigenvalue weighted by Gasteiger charge is -2.03. The van der Waals surface area contributed by atoms with Gasteiger partial charge in [-0.2, -0.15) is 0 Å². The molecule has 0 aliphatic carbocycles. The molecule has 0 saturated heterocycles. The summed E-state index contributed by atoms with van der Waals surface area (Å²) in [6.45, 7) is 0. The Morgan fingerprint density at radius 3 is 1.29 bits per heavy atom. The van der Waals surface area contributed by atoms with Crippen molar-refractivity contribution < 1.29 is 48.5 Å². The first kappa shape index (κ1) is 21.5. The van der Waals surface area contributed by atoms with Crippen molar-refractivity contribution in [2.45, 2.75) is 23.6 Å². The van der Waals surface area contributed by atoms with Gasteiger partial charge in [0, 0.05) is 12.2 Å². The van der Waals surface area contributed by atoms with E-state index in [-0.39, 0.29) is 0 Å². The second-order valence-corrected chi connectivity index (χ2v) is 4.99. The van der Waals surface area contributed by atoms with Crippen molar-refractivity contribution in [1.82, 2.24) is 0 Å². The second kappa shape index (κ2) is 10.3. The number of carboxylic acids is 2. The SMILES string of the molecule is O=C(C=CC(=O)OC(=O)CC(Cl)C(=O)O)OC(=O)CC(Cl)C(=O)O. The number of aliphatic carboxylic acids is 2. The van der Waals surface area contributed by atoms with Crippen molar-refractivity contribution in [2.24, 2.45) is 0 Å². The minimum absolute atomic E-state index is 0.437. The van der Waals surface area contributed by atoms with Crippen molar-refractivity contribution in [3.05, 3.63) is 12.2 Å². The largest absolute Gasteiger partial charge is 0.480 e. The number of hydrogen-bond donors (Lipinski definition) is 2. The van der Waals surface area contributed by atoms with Crippen LogP contribution in [0.5, 0.6) is 0 Å². The quantitative estimate of drug-likeness (QED) is 0.249. The molecule has 0 spiro atoms. The van der Waals surface area contributed by atoms with Gasteiger partial charge < -0.3 is 19.7 Å². The van der Waals surface area contributed by atoms with E-state index in [9.17, 15) is 28.8 Å². The van der Waals surface area contributed by atoms with Crippen molar-refractivity contribution in [3.63, 3.8) is 0 Å². The van der Waals surface area contributed by atoms with Crippen molar-refractivity contribution in [3.8, 4) is 0 Å². The molecule has 0 heterocycles. The number of carbonyl (C=O) groups excluding carboxylic acids is 4. The van der Waals surface area contributed by atoms with Gasteiger partial charge in [0.1, 0.15) is 10.8 Å². The molecule has 0 bridgehead atoms. The molecule has 0 aliphatic heterocycles. The van der Waals surface area contributed by atoms with Crippen LogP contribution in [0.1, 0.15) is 12.8 Å². The van der Waals surface area contributed by atoms with Crippen LogP contribution in [0.4, 0.5) is 0 Å². The van der Waals surface area contributed by atoms with Gasteiger partial charge in [-0.3, -0.25) is 19.2 Å². The smallest absolute Gasteiger partial charge is 0.338 e. The third kappa shape index (κ3) is 9.54. The molecular weight excluding hydrogens is 375 g/mol. The van der Waals surface area contributed by atoms with Crippen molar-refractivity contribution >= 4 is 59.0 Å². The Hall–Kier alpha value is -2.46. The first-order valence-corrected chi connectivity index (χ1v) is 6.81. The highest BCUT2D eigenvalue weighted by Gasteiger charge is 2.22. The van der Waals surface area contributed by atoms with E-state index in [1.807, 2.05) is 0 Å². The van der Waals surface area contributed by atoms with Gasteiger partial charge >= 0.3 is 35.8 Å². The van der Waals surface area contributed by atoms with Crippen LogP contribution in [0.25, 0.3) is 0 Å². The molecule has 0 fully saturated rings. The summed E-state index contributed by atoms with van der Waals surface area (Å²) in [5, 5.41) is 13.7. The maximum absolute atomic E-state index is 11.2. The lowest BCUT2D eigenvalue weighted by Crippen LogP contribution is -2.21. The normalized spacial score (nSPS) is 12.9. The molecule has 0 radical (unpaired) electrons. The summed E-state index contributed by atoms with van der Waals surface area (Å²) in [6.07, 6.45) is -0.697. The van der Waals surface area contributed by atoms with Crippen molar-refractivity contribution in [1.29, 1.82) is 0 Å². The fourth-order valence-electron chi connectivity index (χ4n) is 0.979. The van der Waals surface area contributed by atoms with E-state index < -0.39 is 59.4 Å². The Labute approximate surface area is 143 Å². The molecule has 10 nitrogen and oxygen atoms in total. The first-order valence-electron chi connectivity index (χ1n) is 5.94. The van der Waals surface area contributed by atoms with E-state index in [0.29, 0.717) is 12.2 Å². The summed E-state index contributed by atoms with van der Waals surface area (Å²) in [6, 6.07) is 0. The van der Waals surface area contributed by atoms with E-state index in [0.717, 1.165) is 0 Å². The highest BCUT2D eigenvalue weighted by molar-refractivity contribution is 6.31. The van der Waals surface area contributed by atoms with Crippen LogP contribution < -0.4 is 0 Å². The zero-order valence-electron chi connectivity index (χ0n) is 11.6. The van der Waals surface area contributed by atoms with Gasteiger partial charge in [0.2, 0.25) is 0 Å². The Kier molecular flexibility index (Phi) is 9.28. The first-order chi connectivity index (χ1) is 11.0. The van der Waals surface area contributed by atoms with E-state index in [1.165, 1.54) is 0 Å². The fourth-order valence-corrected chi connectivity index (χ4v) is 1.23. The van der Waals surface area contributed by atoms with Crippen LogP contribution >= 0.6 is 23.2 Å². The lowest BCUT2D eigenvalue weighted by atomic mass is 10.3. The third-order valence-corrected chi connectivity index (χ3v) is 2.69. The Bertz CT molecular complexity index is 532. The standard InChI is InChI=1S/C12H10Cl2O10/c13-5(11(19)20)3-9(17)23-7(15)1-2-8(16)24-10(18)4-6(14)12(21)22/h1-2,5-6H,3-4H2,(H,19,20)(H,21,22). The lowest BCUT2D eigenvalue weighted by molar-refractivity contribution is -0.159. The second-order valence-electron chi connectivity index (χ2n) is 3.94. The average molecular weight is 385 g/mol. The van der Waals surface area contributed by atoms with E-state index in [4.69, 9.17) is 33.4 Å². The number of rotatable bonds is 8. The molecule has 0 rings (SSSR count). The molecule has 0 aromatic carbocycles. The number of alkyl halides is 2. The van der Waals surface area contributed by atoms with Crippen LogP contribution in [0.2, 0.25) is 0 Å². The Balaban J connectivity index is 4.32. The van der Waals surface area contributed by atoms with Gasteiger partial charge in [0.05, 0.1) is 12.8 Å². The molecule has 12 heteroatoms. The topological polar surface area (TPSA) is 161 Å². The van der Waals surface area contributed by atoms with Gasteiger partial charge in [-0.1, -0.05) is 0 Å². The molecule has 132 valence electrons. The Morgan fingerprint density at radius 1 is 0.750 bits per heavy atom. The van der Waals surface area contributed by atoms with E-state index >= 15 is 0 Å². The number of carbonyl (C=O) groups is 6. The molecule has 0 aromatic rings. The van der Waals surface area contributed by atoms with Crippen LogP contribution in [-0.4, -0.2) is 56.8 Å². The molecule has 24 heavy (non-hydrogen) atoms. The zero-order valence-corrected chi connectivity index (χ0v) is 13.2. The fraction of sp³-hybridized carbons (Fsp3) is 0.333. The molecule has 2 unspecified atom stereocenters. The van der Waals surface area contributed by atoms with Gasteiger partial charge in [0.15, 0.2) is 0 Å². The van der Waals surface area contributed by atoms with Crippen LogP contribution in [0.3, 0.4) is 0 Å². The summed E-state index contributed by atoms with van der Waals surface area (Å²) in [5.41, 5.74) is 0. The Morgan fingerprint density at radius 2 is 1.04 bits per heavy atom. The molecular formula is C12H10Cl2O10.